The van der Waals surface area contributed by atoms with Crippen LogP contribution >= 0.6 is 0 Å². The van der Waals surface area contributed by atoms with Crippen molar-refractivity contribution in [3.8, 4) is 0 Å². The van der Waals surface area contributed by atoms with Crippen LogP contribution in [0.1, 0.15) is 42.9 Å². The zero-order valence-corrected chi connectivity index (χ0v) is 14.5. The third-order valence-electron chi connectivity index (χ3n) is 5.03. The maximum absolute atomic E-state index is 12.3. The molecule has 0 saturated carbocycles. The molecule has 0 saturated heterocycles. The van der Waals surface area contributed by atoms with Crippen molar-refractivity contribution in [1.29, 1.82) is 0 Å². The Bertz CT molecular complexity index is 742. The number of fused-ring (bicyclic) bond motifs is 1. The van der Waals surface area contributed by atoms with E-state index < -0.39 is 11.2 Å². The molecule has 1 aliphatic carbocycles. The molecule has 4 nitrogen and oxygen atoms in total. The Morgan fingerprint density at radius 3 is 2.60 bits per heavy atom. The van der Waals surface area contributed by atoms with Crippen LogP contribution in [0.2, 0.25) is 0 Å². The number of benzene rings is 2. The molecule has 2 aromatic rings. The van der Waals surface area contributed by atoms with Gasteiger partial charge in [-0.25, -0.2) is 0 Å². The van der Waals surface area contributed by atoms with Crippen LogP contribution in [0.3, 0.4) is 0 Å². The summed E-state index contributed by atoms with van der Waals surface area (Å²) >= 11 is 0. The lowest BCUT2D eigenvalue weighted by molar-refractivity contribution is -0.127. The van der Waals surface area contributed by atoms with Crippen molar-refractivity contribution in [3.63, 3.8) is 0 Å². The Morgan fingerprint density at radius 2 is 1.84 bits per heavy atom. The predicted molar refractivity (Wildman–Crippen MR) is 96.9 cm³/mol. The van der Waals surface area contributed by atoms with E-state index in [2.05, 4.69) is 5.32 Å². The number of aryl methyl sites for hydroxylation is 1. The summed E-state index contributed by atoms with van der Waals surface area (Å²) < 4.78 is 0. The average Bonchev–Trinajstić information content (AvgIpc) is 2.61. The fraction of sp³-hybridized carbons (Fsp3) is 0.381. The van der Waals surface area contributed by atoms with Crippen LogP contribution in [0.5, 0.6) is 0 Å². The molecule has 0 heterocycles. The summed E-state index contributed by atoms with van der Waals surface area (Å²) in [4.78, 5) is 12.3. The molecule has 1 aliphatic rings. The normalized spacial score (nSPS) is 21.9. The van der Waals surface area contributed by atoms with Crippen molar-refractivity contribution < 1.29 is 15.0 Å². The predicted octanol–water partition coefficient (Wildman–Crippen LogP) is 2.62. The topological polar surface area (TPSA) is 69.6 Å². The summed E-state index contributed by atoms with van der Waals surface area (Å²) in [7, 11) is 0. The highest BCUT2D eigenvalue weighted by atomic mass is 16.3. The molecule has 3 rings (SSSR count). The number of rotatable bonds is 5. The summed E-state index contributed by atoms with van der Waals surface area (Å²) in [6.07, 6.45) is 2.42. The van der Waals surface area contributed by atoms with E-state index in [0.29, 0.717) is 12.0 Å². The zero-order valence-electron chi connectivity index (χ0n) is 14.5. The first-order chi connectivity index (χ1) is 11.9. The molecule has 132 valence electrons. The number of amides is 1. The fourth-order valence-corrected chi connectivity index (χ4v) is 3.60. The van der Waals surface area contributed by atoms with Crippen LogP contribution in [-0.2, 0) is 22.4 Å². The number of hydrogen-bond donors (Lipinski definition) is 3. The second-order valence-electron chi connectivity index (χ2n) is 7.14. The van der Waals surface area contributed by atoms with Gasteiger partial charge in [-0.15, -0.1) is 0 Å². The third-order valence-corrected chi connectivity index (χ3v) is 5.03. The molecule has 0 radical (unpaired) electrons. The molecule has 4 heteroatoms. The summed E-state index contributed by atoms with van der Waals surface area (Å²) in [6.45, 7) is 1.79. The number of nitrogens with one attached hydrogen (secondary N) is 1. The van der Waals surface area contributed by atoms with E-state index in [0.717, 1.165) is 24.0 Å². The number of carbonyl (C=O) groups is 1. The van der Waals surface area contributed by atoms with Crippen LogP contribution in [0.25, 0.3) is 0 Å². The van der Waals surface area contributed by atoms with Crippen LogP contribution in [-0.4, -0.2) is 22.7 Å². The fourth-order valence-electron chi connectivity index (χ4n) is 3.60. The second-order valence-corrected chi connectivity index (χ2v) is 7.14. The highest BCUT2D eigenvalue weighted by Crippen LogP contribution is 2.34. The Balaban J connectivity index is 1.65. The van der Waals surface area contributed by atoms with Crippen molar-refractivity contribution in [2.75, 3.05) is 6.54 Å². The van der Waals surface area contributed by atoms with Gasteiger partial charge in [0.1, 0.15) is 5.60 Å². The maximum Gasteiger partial charge on any atom is 0.223 e. The van der Waals surface area contributed by atoms with E-state index in [4.69, 9.17) is 0 Å². The van der Waals surface area contributed by atoms with Crippen LogP contribution in [0.15, 0.2) is 54.6 Å². The molecule has 1 amide bonds. The van der Waals surface area contributed by atoms with Gasteiger partial charge in [0.15, 0.2) is 0 Å². The standard InChI is InChI=1S/C21H25NO3/c1-20(24,17-10-3-2-4-11-17)14-19(23)22-15-21(25)13-7-9-16-8-5-6-12-18(16)21/h2-6,8,10-12,24-25H,7,9,13-15H2,1H3,(H,22,23). The van der Waals surface area contributed by atoms with Gasteiger partial charge >= 0.3 is 0 Å². The lowest BCUT2D eigenvalue weighted by Gasteiger charge is -2.35. The minimum atomic E-state index is -1.24. The van der Waals surface area contributed by atoms with Gasteiger partial charge in [0.2, 0.25) is 5.91 Å². The smallest absolute Gasteiger partial charge is 0.223 e. The Kier molecular flexibility index (Phi) is 4.93. The number of aliphatic hydroxyl groups is 2. The zero-order chi connectivity index (χ0) is 17.9. The molecule has 0 bridgehead atoms. The molecular weight excluding hydrogens is 314 g/mol. The van der Waals surface area contributed by atoms with E-state index in [-0.39, 0.29) is 18.9 Å². The van der Waals surface area contributed by atoms with Crippen molar-refractivity contribution in [3.05, 3.63) is 71.3 Å². The first kappa shape index (κ1) is 17.6. The summed E-state index contributed by atoms with van der Waals surface area (Å²) in [5, 5.41) is 24.4. The Labute approximate surface area is 148 Å². The molecule has 3 N–H and O–H groups in total. The minimum Gasteiger partial charge on any atom is -0.385 e. The first-order valence-corrected chi connectivity index (χ1v) is 8.76. The largest absolute Gasteiger partial charge is 0.385 e. The Morgan fingerprint density at radius 1 is 1.16 bits per heavy atom. The maximum atomic E-state index is 12.3. The van der Waals surface area contributed by atoms with Crippen molar-refractivity contribution in [2.45, 2.75) is 43.8 Å². The molecule has 0 aliphatic heterocycles. The van der Waals surface area contributed by atoms with Gasteiger partial charge in [0.05, 0.1) is 18.6 Å². The van der Waals surface area contributed by atoms with Gasteiger partial charge in [-0.2, -0.15) is 0 Å². The van der Waals surface area contributed by atoms with Crippen molar-refractivity contribution >= 4 is 5.91 Å². The van der Waals surface area contributed by atoms with Gasteiger partial charge in [0, 0.05) is 0 Å². The molecule has 2 unspecified atom stereocenters. The minimum absolute atomic E-state index is 0.0469. The van der Waals surface area contributed by atoms with Crippen LogP contribution < -0.4 is 5.32 Å². The molecule has 0 aromatic heterocycles. The van der Waals surface area contributed by atoms with Gasteiger partial charge in [-0.1, -0.05) is 54.6 Å². The highest BCUT2D eigenvalue weighted by Gasteiger charge is 2.35. The van der Waals surface area contributed by atoms with E-state index in [9.17, 15) is 15.0 Å². The SMILES string of the molecule is CC(O)(CC(=O)NCC1(O)CCCc2ccccc21)c1ccccc1. The quantitative estimate of drug-likeness (QED) is 0.784. The highest BCUT2D eigenvalue weighted by molar-refractivity contribution is 5.77. The number of hydrogen-bond acceptors (Lipinski definition) is 3. The molecule has 0 fully saturated rings. The van der Waals surface area contributed by atoms with E-state index >= 15 is 0 Å². The van der Waals surface area contributed by atoms with Crippen molar-refractivity contribution in [1.82, 2.24) is 5.32 Å². The van der Waals surface area contributed by atoms with E-state index in [1.165, 1.54) is 0 Å². The lowest BCUT2D eigenvalue weighted by Crippen LogP contribution is -2.44. The second kappa shape index (κ2) is 6.98. The molecule has 25 heavy (non-hydrogen) atoms. The van der Waals surface area contributed by atoms with Gasteiger partial charge in [0.25, 0.3) is 0 Å². The molecule has 2 atom stereocenters. The summed E-state index contributed by atoms with van der Waals surface area (Å²) in [5.74, 6) is -0.273. The van der Waals surface area contributed by atoms with E-state index in [1.807, 2.05) is 42.5 Å². The number of carbonyl (C=O) groups excluding carboxylic acids is 1. The van der Waals surface area contributed by atoms with Crippen LogP contribution in [0.4, 0.5) is 0 Å². The molecular formula is C21H25NO3. The van der Waals surface area contributed by atoms with Gasteiger partial charge < -0.3 is 15.5 Å². The van der Waals surface area contributed by atoms with E-state index in [1.54, 1.807) is 19.1 Å². The van der Waals surface area contributed by atoms with Gasteiger partial charge in [-0.3, -0.25) is 4.79 Å². The average molecular weight is 339 g/mol. The monoisotopic (exact) mass is 339 g/mol. The Hall–Kier alpha value is -2.17. The van der Waals surface area contributed by atoms with Gasteiger partial charge in [-0.05, 0) is 42.9 Å². The molecule has 2 aromatic carbocycles. The summed E-state index contributed by atoms with van der Waals surface area (Å²) in [6, 6.07) is 17.0. The first-order valence-electron chi connectivity index (χ1n) is 8.76. The van der Waals surface area contributed by atoms with Crippen molar-refractivity contribution in [2.24, 2.45) is 0 Å². The third kappa shape index (κ3) is 3.91. The van der Waals surface area contributed by atoms with Crippen LogP contribution in [0, 0.1) is 0 Å². The lowest BCUT2D eigenvalue weighted by atomic mass is 9.79. The molecule has 0 spiro atoms. The summed E-state index contributed by atoms with van der Waals surface area (Å²) in [5.41, 5.74) is 0.465.